The van der Waals surface area contributed by atoms with Crippen molar-refractivity contribution in [3.8, 4) is 0 Å². The van der Waals surface area contributed by atoms with E-state index in [0.717, 1.165) is 6.42 Å². The third-order valence-corrected chi connectivity index (χ3v) is 6.68. The molecule has 0 nitrogen and oxygen atoms in total. The van der Waals surface area contributed by atoms with Crippen LogP contribution in [0.4, 0.5) is 0 Å². The minimum absolute atomic E-state index is 0.558. The Kier molecular flexibility index (Phi) is 3.93. The van der Waals surface area contributed by atoms with E-state index in [2.05, 4.69) is 83.3 Å². The third kappa shape index (κ3) is 2.83. The Labute approximate surface area is 163 Å². The Morgan fingerprint density at radius 1 is 1.00 bits per heavy atom. The van der Waals surface area contributed by atoms with Crippen molar-refractivity contribution in [2.45, 2.75) is 32.1 Å². The highest BCUT2D eigenvalue weighted by Gasteiger charge is 2.25. The van der Waals surface area contributed by atoms with Crippen molar-refractivity contribution < 1.29 is 0 Å². The summed E-state index contributed by atoms with van der Waals surface area (Å²) in [5, 5.41) is 0. The van der Waals surface area contributed by atoms with Crippen LogP contribution in [0, 0.1) is 5.92 Å². The molecule has 0 N–H and O–H groups in total. The van der Waals surface area contributed by atoms with Crippen LogP contribution in [0.2, 0.25) is 0 Å². The first-order chi connectivity index (χ1) is 12.3. The fourth-order valence-electron chi connectivity index (χ4n) is 4.47. The van der Waals surface area contributed by atoms with Crippen molar-refractivity contribution in [1.29, 1.82) is 0 Å². The number of hydrogen-bond donors (Lipinski definition) is 0. The number of benzene rings is 1. The minimum Gasteiger partial charge on any atom is -0.0836 e. The van der Waals surface area contributed by atoms with Crippen molar-refractivity contribution in [1.82, 2.24) is 0 Å². The molecule has 0 bridgehead atoms. The Balaban J connectivity index is 1.50. The molecule has 0 radical (unpaired) electrons. The van der Waals surface area contributed by atoms with Gasteiger partial charge in [0.15, 0.2) is 0 Å². The molecule has 1 aromatic rings. The highest BCUT2D eigenvalue weighted by Crippen LogP contribution is 2.42. The van der Waals surface area contributed by atoms with Crippen LogP contribution in [0.25, 0.3) is 11.6 Å². The number of fused-ring (bicyclic) bond motifs is 3. The van der Waals surface area contributed by atoms with Gasteiger partial charge in [-0.15, -0.1) is 0 Å². The Morgan fingerprint density at radius 3 is 2.92 bits per heavy atom. The van der Waals surface area contributed by atoms with Gasteiger partial charge in [-0.05, 0) is 103 Å². The summed E-state index contributed by atoms with van der Waals surface area (Å²) < 4.78 is 1.47. The predicted octanol–water partition coefficient (Wildman–Crippen LogP) is 6.95. The van der Waals surface area contributed by atoms with Crippen LogP contribution in [0.5, 0.6) is 0 Å². The lowest BCUT2D eigenvalue weighted by atomic mass is 9.74. The molecular weight excluding hydrogens is 415 g/mol. The molecule has 1 unspecified atom stereocenters. The molecule has 1 aromatic carbocycles. The molecule has 0 spiro atoms. The number of hydrogen-bond acceptors (Lipinski definition) is 0. The summed E-state index contributed by atoms with van der Waals surface area (Å²) in [4.78, 5) is 0. The third-order valence-electron chi connectivity index (χ3n) is 5.83. The van der Waals surface area contributed by atoms with Gasteiger partial charge >= 0.3 is 0 Å². The number of halogens is 1. The molecule has 0 aliphatic heterocycles. The van der Waals surface area contributed by atoms with Gasteiger partial charge in [-0.1, -0.05) is 54.7 Å². The lowest BCUT2D eigenvalue weighted by molar-refractivity contribution is 0.750. The molecular formula is C24H21I. The summed E-state index contributed by atoms with van der Waals surface area (Å²) in [6.45, 7) is 0. The van der Waals surface area contributed by atoms with E-state index in [0.29, 0.717) is 5.92 Å². The Hall–Kier alpha value is -1.61. The molecule has 4 aliphatic carbocycles. The van der Waals surface area contributed by atoms with Gasteiger partial charge in [0.25, 0.3) is 0 Å². The Bertz CT molecular complexity index is 931. The average Bonchev–Trinajstić information content (AvgIpc) is 2.67. The van der Waals surface area contributed by atoms with E-state index in [1.54, 1.807) is 11.1 Å². The molecule has 0 fully saturated rings. The van der Waals surface area contributed by atoms with Crippen molar-refractivity contribution >= 4 is 34.2 Å². The maximum Gasteiger partial charge on any atom is 0.00648 e. The normalized spacial score (nSPS) is 24.0. The van der Waals surface area contributed by atoms with Gasteiger partial charge in [0.1, 0.15) is 0 Å². The fraction of sp³-hybridized carbons (Fsp3) is 0.250. The maximum absolute atomic E-state index is 2.47. The molecule has 0 saturated heterocycles. The molecule has 124 valence electrons. The average molecular weight is 436 g/mol. The van der Waals surface area contributed by atoms with Gasteiger partial charge in [0.2, 0.25) is 0 Å². The van der Waals surface area contributed by atoms with Crippen LogP contribution < -0.4 is 0 Å². The molecule has 25 heavy (non-hydrogen) atoms. The van der Waals surface area contributed by atoms with E-state index >= 15 is 0 Å². The first-order valence-corrected chi connectivity index (χ1v) is 10.3. The van der Waals surface area contributed by atoms with Gasteiger partial charge in [-0.2, -0.15) is 0 Å². The van der Waals surface area contributed by atoms with Crippen molar-refractivity contribution in [3.63, 3.8) is 0 Å². The first-order valence-electron chi connectivity index (χ1n) is 9.26. The van der Waals surface area contributed by atoms with Crippen molar-refractivity contribution in [2.75, 3.05) is 0 Å². The topological polar surface area (TPSA) is 0 Å². The van der Waals surface area contributed by atoms with E-state index in [1.807, 2.05) is 0 Å². The van der Waals surface area contributed by atoms with Gasteiger partial charge in [-0.3, -0.25) is 0 Å². The summed E-state index contributed by atoms with van der Waals surface area (Å²) in [5.74, 6) is 0.558. The maximum atomic E-state index is 2.47. The second kappa shape index (κ2) is 6.28. The molecule has 1 atom stereocenters. The standard InChI is InChI=1S/C24H21I/c25-22-11-9-18-13-17(6-7-20(18)15-22)19-10-12-24-21(14-19)8-5-16-3-1-2-4-23(16)24/h1,3,5-8,10,12-13,15,21H,2,4,9,11,14H2. The second-order valence-electron chi connectivity index (χ2n) is 7.36. The van der Waals surface area contributed by atoms with Crippen LogP contribution >= 0.6 is 22.6 Å². The van der Waals surface area contributed by atoms with Gasteiger partial charge in [0, 0.05) is 5.92 Å². The first kappa shape index (κ1) is 15.6. The zero-order valence-electron chi connectivity index (χ0n) is 14.3. The van der Waals surface area contributed by atoms with Crippen LogP contribution in [-0.4, -0.2) is 0 Å². The van der Waals surface area contributed by atoms with Crippen LogP contribution in [0.1, 0.15) is 42.4 Å². The zero-order valence-corrected chi connectivity index (χ0v) is 16.4. The van der Waals surface area contributed by atoms with E-state index in [1.165, 1.54) is 57.1 Å². The predicted molar refractivity (Wildman–Crippen MR) is 115 cm³/mol. The van der Waals surface area contributed by atoms with Gasteiger partial charge in [-0.25, -0.2) is 0 Å². The molecule has 4 aliphatic rings. The number of allylic oxidation sites excluding steroid dienone is 11. The van der Waals surface area contributed by atoms with Crippen LogP contribution in [0.3, 0.4) is 0 Å². The lowest BCUT2D eigenvalue weighted by Gasteiger charge is -2.30. The number of aryl methyl sites for hydroxylation is 1. The van der Waals surface area contributed by atoms with Crippen LogP contribution in [-0.2, 0) is 6.42 Å². The minimum atomic E-state index is 0.558. The molecule has 0 saturated carbocycles. The zero-order chi connectivity index (χ0) is 16.8. The summed E-state index contributed by atoms with van der Waals surface area (Å²) in [5.41, 5.74) is 10.4. The summed E-state index contributed by atoms with van der Waals surface area (Å²) in [6.07, 6.45) is 22.3. The lowest BCUT2D eigenvalue weighted by Crippen LogP contribution is -2.14. The quantitative estimate of drug-likeness (QED) is 0.418. The van der Waals surface area contributed by atoms with Gasteiger partial charge in [0.05, 0.1) is 0 Å². The number of rotatable bonds is 1. The summed E-state index contributed by atoms with van der Waals surface area (Å²) in [6, 6.07) is 7.06. The highest BCUT2D eigenvalue weighted by atomic mass is 127. The van der Waals surface area contributed by atoms with E-state index < -0.39 is 0 Å². The molecule has 0 aromatic heterocycles. The molecule has 5 rings (SSSR count). The SMILES string of the molecule is IC1=Cc2ccc(C3=CC=C4C5=C(C=CCC5)C=CC4C3)cc2CC1. The monoisotopic (exact) mass is 436 g/mol. The van der Waals surface area contributed by atoms with Gasteiger partial charge < -0.3 is 0 Å². The summed E-state index contributed by atoms with van der Waals surface area (Å²) >= 11 is 2.47. The van der Waals surface area contributed by atoms with Crippen molar-refractivity contribution in [2.24, 2.45) is 5.92 Å². The van der Waals surface area contributed by atoms with E-state index in [4.69, 9.17) is 0 Å². The van der Waals surface area contributed by atoms with Crippen LogP contribution in [0.15, 0.2) is 75.0 Å². The molecule has 0 heterocycles. The summed E-state index contributed by atoms with van der Waals surface area (Å²) in [7, 11) is 0. The fourth-order valence-corrected chi connectivity index (χ4v) is 5.07. The van der Waals surface area contributed by atoms with Crippen molar-refractivity contribution in [3.05, 3.63) is 91.6 Å². The largest absolute Gasteiger partial charge is 0.0836 e. The smallest absolute Gasteiger partial charge is 0.00648 e. The Morgan fingerprint density at radius 2 is 1.96 bits per heavy atom. The van der Waals surface area contributed by atoms with E-state index in [9.17, 15) is 0 Å². The highest BCUT2D eigenvalue weighted by molar-refractivity contribution is 14.1. The van der Waals surface area contributed by atoms with E-state index in [-0.39, 0.29) is 0 Å². The molecule has 1 heteroatoms. The molecule has 0 amide bonds. The second-order valence-corrected chi connectivity index (χ2v) is 8.75.